The van der Waals surface area contributed by atoms with Crippen molar-refractivity contribution in [2.24, 2.45) is 0 Å². The normalized spacial score (nSPS) is 12.0. The molecule has 3 aromatic rings. The third kappa shape index (κ3) is 5.32. The second-order valence-corrected chi connectivity index (χ2v) is 7.80. The number of carbonyl (C=O) groups is 2. The van der Waals surface area contributed by atoms with E-state index in [0.717, 1.165) is 5.56 Å². The van der Waals surface area contributed by atoms with Crippen LogP contribution in [0.25, 0.3) is 5.65 Å². The van der Waals surface area contributed by atoms with Crippen molar-refractivity contribution in [3.05, 3.63) is 53.3 Å². The minimum atomic E-state index is -0.367. The number of nitrogens with one attached hydrogen (secondary N) is 1. The zero-order valence-electron chi connectivity index (χ0n) is 16.6. The Hall–Kier alpha value is -2.94. The van der Waals surface area contributed by atoms with Gasteiger partial charge in [-0.15, -0.1) is 10.2 Å². The van der Waals surface area contributed by atoms with Crippen LogP contribution in [0.5, 0.6) is 0 Å². The molecule has 2 aromatic heterocycles. The highest BCUT2D eigenvalue weighted by Crippen LogP contribution is 2.22. The van der Waals surface area contributed by atoms with Crippen molar-refractivity contribution in [3.63, 3.8) is 0 Å². The van der Waals surface area contributed by atoms with Gasteiger partial charge in [0, 0.05) is 18.5 Å². The lowest BCUT2D eigenvalue weighted by molar-refractivity contribution is -0.142. The highest BCUT2D eigenvalue weighted by molar-refractivity contribution is 8.00. The lowest BCUT2D eigenvalue weighted by Gasteiger charge is -2.09. The third-order valence-electron chi connectivity index (χ3n) is 4.17. The van der Waals surface area contributed by atoms with E-state index in [-0.39, 0.29) is 17.1 Å². The molecule has 0 aliphatic rings. The number of hydrogen-bond acceptors (Lipinski definition) is 7. The second-order valence-electron chi connectivity index (χ2n) is 6.44. The van der Waals surface area contributed by atoms with E-state index in [1.54, 1.807) is 42.6 Å². The summed E-state index contributed by atoms with van der Waals surface area (Å²) >= 11 is 1.31. The quantitative estimate of drug-likeness (QED) is 0.447. The molecule has 2 heterocycles. The Kier molecular flexibility index (Phi) is 6.82. The molecule has 9 heteroatoms. The smallest absolute Gasteiger partial charge is 0.319 e. The number of benzene rings is 1. The molecule has 1 atom stereocenters. The molecule has 29 heavy (non-hydrogen) atoms. The van der Waals surface area contributed by atoms with Gasteiger partial charge in [-0.05, 0) is 45.0 Å². The molecule has 0 aliphatic heterocycles. The molecule has 0 fully saturated rings. The van der Waals surface area contributed by atoms with Gasteiger partial charge in [0.1, 0.15) is 10.3 Å². The number of esters is 1. The van der Waals surface area contributed by atoms with Crippen molar-refractivity contribution < 1.29 is 14.3 Å². The van der Waals surface area contributed by atoms with Gasteiger partial charge in [-0.1, -0.05) is 29.5 Å². The largest absolute Gasteiger partial charge is 0.465 e. The highest BCUT2D eigenvalue weighted by Gasteiger charge is 2.17. The first kappa shape index (κ1) is 20.8. The maximum absolute atomic E-state index is 12.2. The maximum Gasteiger partial charge on any atom is 0.319 e. The van der Waals surface area contributed by atoms with Crippen LogP contribution in [0, 0.1) is 6.92 Å². The SMILES string of the molecule is CCOC(=O)C(C)Sc1ccc2nnc(CCNC(=O)c3ccc(C)cc3)n2n1. The maximum atomic E-state index is 12.2. The van der Waals surface area contributed by atoms with Gasteiger partial charge in [0.2, 0.25) is 0 Å². The standard InChI is InChI=1S/C20H23N5O3S/c1-4-28-20(27)14(3)29-18-10-9-16-22-23-17(25(16)24-18)11-12-21-19(26)15-7-5-13(2)6-8-15/h5-10,14H,4,11-12H2,1-3H3,(H,21,26). The number of nitrogens with zero attached hydrogens (tertiary/aromatic N) is 4. The zero-order valence-corrected chi connectivity index (χ0v) is 17.4. The minimum absolute atomic E-state index is 0.133. The predicted molar refractivity (Wildman–Crippen MR) is 110 cm³/mol. The fraction of sp³-hybridized carbons (Fsp3) is 0.350. The first-order valence-electron chi connectivity index (χ1n) is 9.37. The number of ether oxygens (including phenoxy) is 1. The van der Waals surface area contributed by atoms with E-state index >= 15 is 0 Å². The van der Waals surface area contributed by atoms with Gasteiger partial charge in [-0.3, -0.25) is 9.59 Å². The van der Waals surface area contributed by atoms with Gasteiger partial charge in [-0.25, -0.2) is 0 Å². The van der Waals surface area contributed by atoms with Crippen LogP contribution in [0.3, 0.4) is 0 Å². The van der Waals surface area contributed by atoms with Crippen LogP contribution >= 0.6 is 11.8 Å². The van der Waals surface area contributed by atoms with Crippen LogP contribution in [-0.4, -0.2) is 50.1 Å². The molecule has 0 saturated carbocycles. The molecule has 0 radical (unpaired) electrons. The number of amides is 1. The van der Waals surface area contributed by atoms with Crippen molar-refractivity contribution in [1.82, 2.24) is 25.1 Å². The molecule has 0 aliphatic carbocycles. The number of hydrogen-bond donors (Lipinski definition) is 1. The molecule has 1 amide bonds. The zero-order chi connectivity index (χ0) is 20.8. The summed E-state index contributed by atoms with van der Waals surface area (Å²) in [4.78, 5) is 24.0. The van der Waals surface area contributed by atoms with E-state index in [0.29, 0.717) is 41.6 Å². The lowest BCUT2D eigenvalue weighted by Crippen LogP contribution is -2.26. The highest BCUT2D eigenvalue weighted by atomic mass is 32.2. The van der Waals surface area contributed by atoms with Crippen LogP contribution in [0.15, 0.2) is 41.4 Å². The molecule has 0 spiro atoms. The van der Waals surface area contributed by atoms with Crippen LogP contribution in [0.4, 0.5) is 0 Å². The van der Waals surface area contributed by atoms with Gasteiger partial charge in [0.05, 0.1) is 6.61 Å². The summed E-state index contributed by atoms with van der Waals surface area (Å²) in [5.41, 5.74) is 2.33. The Morgan fingerprint density at radius 2 is 1.93 bits per heavy atom. The Morgan fingerprint density at radius 3 is 2.66 bits per heavy atom. The number of aromatic nitrogens is 4. The van der Waals surface area contributed by atoms with E-state index in [9.17, 15) is 9.59 Å². The van der Waals surface area contributed by atoms with E-state index in [1.807, 2.05) is 19.1 Å². The second kappa shape index (κ2) is 9.51. The Labute approximate surface area is 173 Å². The summed E-state index contributed by atoms with van der Waals surface area (Å²) in [6.45, 7) is 6.29. The van der Waals surface area contributed by atoms with Crippen molar-refractivity contribution >= 4 is 29.3 Å². The molecule has 3 rings (SSSR count). The summed E-state index contributed by atoms with van der Waals surface area (Å²) in [6.07, 6.45) is 0.479. The first-order valence-corrected chi connectivity index (χ1v) is 10.3. The van der Waals surface area contributed by atoms with E-state index < -0.39 is 0 Å². The van der Waals surface area contributed by atoms with E-state index in [2.05, 4.69) is 20.6 Å². The number of thioether (sulfide) groups is 1. The molecule has 1 aromatic carbocycles. The van der Waals surface area contributed by atoms with Gasteiger partial charge >= 0.3 is 5.97 Å². The topological polar surface area (TPSA) is 98.5 Å². The molecular weight excluding hydrogens is 390 g/mol. The van der Waals surface area contributed by atoms with Crippen LogP contribution in [0.2, 0.25) is 0 Å². The first-order chi connectivity index (χ1) is 14.0. The van der Waals surface area contributed by atoms with Crippen molar-refractivity contribution in [2.75, 3.05) is 13.2 Å². The minimum Gasteiger partial charge on any atom is -0.465 e. The summed E-state index contributed by atoms with van der Waals surface area (Å²) in [5, 5.41) is 16.0. The number of fused-ring (bicyclic) bond motifs is 1. The summed E-state index contributed by atoms with van der Waals surface area (Å²) in [6, 6.07) is 11.0. The molecular formula is C20H23N5O3S. The van der Waals surface area contributed by atoms with Crippen LogP contribution in [0.1, 0.15) is 35.6 Å². The number of carbonyl (C=O) groups excluding carboxylic acids is 2. The van der Waals surface area contributed by atoms with Gasteiger partial charge in [0.25, 0.3) is 5.91 Å². The fourth-order valence-corrected chi connectivity index (χ4v) is 3.42. The molecule has 152 valence electrons. The van der Waals surface area contributed by atoms with Crippen molar-refractivity contribution in [2.45, 2.75) is 37.5 Å². The molecule has 0 bridgehead atoms. The average Bonchev–Trinajstić information content (AvgIpc) is 3.11. The average molecular weight is 414 g/mol. The van der Waals surface area contributed by atoms with Crippen molar-refractivity contribution in [3.8, 4) is 0 Å². The predicted octanol–water partition coefficient (Wildman–Crippen LogP) is 2.45. The number of aryl methyl sites for hydroxylation is 1. The van der Waals surface area contributed by atoms with E-state index in [1.165, 1.54) is 11.8 Å². The third-order valence-corrected chi connectivity index (χ3v) is 5.17. The van der Waals surface area contributed by atoms with Gasteiger partial charge in [-0.2, -0.15) is 9.61 Å². The van der Waals surface area contributed by atoms with E-state index in [4.69, 9.17) is 4.74 Å². The Bertz CT molecular complexity index is 1000. The summed E-state index contributed by atoms with van der Waals surface area (Å²) < 4.78 is 6.67. The van der Waals surface area contributed by atoms with Crippen molar-refractivity contribution in [1.29, 1.82) is 0 Å². The van der Waals surface area contributed by atoms with Crippen LogP contribution in [-0.2, 0) is 16.0 Å². The van der Waals surface area contributed by atoms with Crippen LogP contribution < -0.4 is 5.32 Å². The van der Waals surface area contributed by atoms with Gasteiger partial charge < -0.3 is 10.1 Å². The van der Waals surface area contributed by atoms with Gasteiger partial charge in [0.15, 0.2) is 11.5 Å². The summed E-state index contributed by atoms with van der Waals surface area (Å²) in [5.74, 6) is 0.226. The molecule has 8 nitrogen and oxygen atoms in total. The number of rotatable bonds is 8. The lowest BCUT2D eigenvalue weighted by atomic mass is 10.1. The summed E-state index contributed by atoms with van der Waals surface area (Å²) in [7, 11) is 0. The Morgan fingerprint density at radius 1 is 1.17 bits per heavy atom. The monoisotopic (exact) mass is 413 g/mol. The Balaban J connectivity index is 1.63. The molecule has 0 saturated heterocycles. The fourth-order valence-electron chi connectivity index (χ4n) is 2.62. The molecule has 1 unspecified atom stereocenters. The molecule has 1 N–H and O–H groups in total.